The Balaban J connectivity index is 0.000000223. The number of nitriles is 2. The molecule has 61 heavy (non-hydrogen) atoms. The number of anilines is 1. The Hall–Kier alpha value is -4.71. The summed E-state index contributed by atoms with van der Waals surface area (Å²) >= 11 is 0. The lowest BCUT2D eigenvalue weighted by Crippen LogP contribution is -2.42. The van der Waals surface area contributed by atoms with Gasteiger partial charge in [0, 0.05) is 79.8 Å². The van der Waals surface area contributed by atoms with E-state index in [0.29, 0.717) is 67.0 Å². The summed E-state index contributed by atoms with van der Waals surface area (Å²) in [5.74, 6) is 0.402. The number of nitrogens with one attached hydrogen (secondary N) is 1. The summed E-state index contributed by atoms with van der Waals surface area (Å²) in [6.45, 7) is 10.0. The normalized spacial score (nSPS) is 16.3. The van der Waals surface area contributed by atoms with E-state index in [1.807, 2.05) is 39.8 Å². The van der Waals surface area contributed by atoms with Crippen LogP contribution in [0.15, 0.2) is 39.3 Å². The maximum atomic E-state index is 12.8. The third-order valence-corrected chi connectivity index (χ3v) is 14.2. The lowest BCUT2D eigenvalue weighted by Gasteiger charge is -2.30. The van der Waals surface area contributed by atoms with Crippen molar-refractivity contribution in [1.82, 2.24) is 37.7 Å². The number of piperidine rings is 2. The van der Waals surface area contributed by atoms with E-state index in [0.717, 1.165) is 38.5 Å². The third-order valence-electron chi connectivity index (χ3n) is 10.9. The fourth-order valence-electron chi connectivity index (χ4n) is 7.30. The minimum absolute atomic E-state index is 0.0529. The van der Waals surface area contributed by atoms with E-state index in [-0.39, 0.29) is 51.6 Å². The average molecular weight is 901 g/mol. The molecule has 22 heteroatoms. The molecule has 0 saturated carbocycles. The van der Waals surface area contributed by atoms with E-state index in [1.54, 1.807) is 10.8 Å². The molecular formula is C39H56N12O7S3. The molecule has 332 valence electrons. The van der Waals surface area contributed by atoms with Gasteiger partial charge in [-0.1, -0.05) is 27.7 Å². The number of rotatable bonds is 11. The first-order valence-corrected chi connectivity index (χ1v) is 25.5. The highest BCUT2D eigenvalue weighted by atomic mass is 32.2. The van der Waals surface area contributed by atoms with Crippen molar-refractivity contribution in [2.45, 2.75) is 108 Å². The molecule has 2 aliphatic heterocycles. The number of pyridine rings is 2. The zero-order valence-electron chi connectivity index (χ0n) is 35.7. The summed E-state index contributed by atoms with van der Waals surface area (Å²) in [4.78, 5) is 42.5. The van der Waals surface area contributed by atoms with Gasteiger partial charge in [-0.05, 0) is 63.5 Å². The van der Waals surface area contributed by atoms with Gasteiger partial charge in [-0.15, -0.1) is 0 Å². The van der Waals surface area contributed by atoms with Gasteiger partial charge >= 0.3 is 0 Å². The van der Waals surface area contributed by atoms with Gasteiger partial charge in [0.25, 0.3) is 11.1 Å². The molecule has 0 radical (unpaired) electrons. The molecule has 19 nitrogen and oxygen atoms in total. The Kier molecular flexibility index (Phi) is 17.2. The van der Waals surface area contributed by atoms with Crippen molar-refractivity contribution in [1.29, 1.82) is 10.5 Å². The van der Waals surface area contributed by atoms with Crippen molar-refractivity contribution in [3.63, 3.8) is 0 Å². The number of fused-ring (bicyclic) bond motifs is 2. The van der Waals surface area contributed by atoms with E-state index in [2.05, 4.69) is 25.3 Å². The number of sulfonamides is 2. The first-order valence-electron chi connectivity index (χ1n) is 20.2. The van der Waals surface area contributed by atoms with Crippen LogP contribution in [-0.4, -0.2) is 116 Å². The maximum absolute atomic E-state index is 12.8. The van der Waals surface area contributed by atoms with E-state index < -0.39 is 30.8 Å². The minimum Gasteiger partial charge on any atom is -0.351 e. The van der Waals surface area contributed by atoms with Gasteiger partial charge in [-0.25, -0.2) is 40.4 Å². The Morgan fingerprint density at radius 2 is 1.16 bits per heavy atom. The second-order valence-electron chi connectivity index (χ2n) is 15.1. The van der Waals surface area contributed by atoms with Crippen LogP contribution in [0.1, 0.15) is 102 Å². The Bertz CT molecular complexity index is 2630. The highest BCUT2D eigenvalue weighted by molar-refractivity contribution is 7.88. The lowest BCUT2D eigenvalue weighted by atomic mass is 10.1. The van der Waals surface area contributed by atoms with Gasteiger partial charge in [0.1, 0.15) is 34.6 Å². The molecule has 4 aromatic rings. The molecule has 4 aromatic heterocycles. The highest BCUT2D eigenvalue weighted by Crippen LogP contribution is 2.23. The monoisotopic (exact) mass is 900 g/mol. The van der Waals surface area contributed by atoms with Crippen LogP contribution in [0.2, 0.25) is 0 Å². The fourth-order valence-corrected chi connectivity index (χ4v) is 9.46. The Morgan fingerprint density at radius 3 is 1.56 bits per heavy atom. The molecule has 2 saturated heterocycles. The van der Waals surface area contributed by atoms with Crippen LogP contribution in [-0.2, 0) is 30.8 Å². The number of nitrogens with zero attached hydrogens (tertiary/aromatic N) is 10. The van der Waals surface area contributed by atoms with Crippen molar-refractivity contribution in [2.75, 3.05) is 50.3 Å². The van der Waals surface area contributed by atoms with Gasteiger partial charge in [-0.3, -0.25) is 22.9 Å². The van der Waals surface area contributed by atoms with Crippen LogP contribution in [0.4, 0.5) is 5.95 Å². The third kappa shape index (κ3) is 12.2. The SMILES string of the molecule is CCC(CC)n1c(=O)c(C#N)cc2cnc(NC3CCN(S(C)(=O)=O)CC3)nc21.CCC(CC)n1c(=O)c(C#N)cc2cnc(S(C)=O)nc21.CS(=O)(=O)N1CCC(N)CC1. The molecule has 0 aliphatic carbocycles. The molecule has 0 spiro atoms. The van der Waals surface area contributed by atoms with E-state index in [4.69, 9.17) is 11.0 Å². The molecule has 1 atom stereocenters. The predicted octanol–water partition coefficient (Wildman–Crippen LogP) is 2.99. The van der Waals surface area contributed by atoms with Crippen molar-refractivity contribution in [3.05, 3.63) is 56.4 Å². The summed E-state index contributed by atoms with van der Waals surface area (Å²) in [5, 5.41) is 23.1. The molecular weight excluding hydrogens is 845 g/mol. The van der Waals surface area contributed by atoms with Crippen LogP contribution in [0, 0.1) is 22.7 Å². The zero-order chi connectivity index (χ0) is 45.2. The van der Waals surface area contributed by atoms with Crippen LogP contribution in [0.3, 0.4) is 0 Å². The minimum atomic E-state index is -3.17. The number of hydrogen-bond acceptors (Lipinski definition) is 15. The predicted molar refractivity (Wildman–Crippen MR) is 235 cm³/mol. The molecule has 2 aliphatic rings. The second-order valence-corrected chi connectivity index (χ2v) is 20.3. The first kappa shape index (κ1) is 49.0. The quantitative estimate of drug-likeness (QED) is 0.205. The smallest absolute Gasteiger partial charge is 0.270 e. The maximum Gasteiger partial charge on any atom is 0.270 e. The molecule has 2 fully saturated rings. The van der Waals surface area contributed by atoms with Gasteiger partial charge in [0.2, 0.25) is 31.2 Å². The summed E-state index contributed by atoms with van der Waals surface area (Å²) in [6, 6.07) is 7.04. The van der Waals surface area contributed by atoms with Crippen LogP contribution in [0.5, 0.6) is 0 Å². The molecule has 1 unspecified atom stereocenters. The lowest BCUT2D eigenvalue weighted by molar-refractivity contribution is 0.322. The van der Waals surface area contributed by atoms with Crippen LogP contribution >= 0.6 is 0 Å². The standard InChI is InChI=1S/C19H26N6O3S.C14H16N4O2S.C6H14N2O2S/c1-4-16(5-2)25-17-14(10-13(11-20)18(25)26)12-21-19(23-17)22-15-6-8-24(9-7-15)29(3,27)28;1-4-11(5-2)18-12-10(6-9(7-15)13(18)19)8-16-14(17-12)21(3)20;1-11(9,10)8-4-2-6(7)3-5-8/h10,12,15-16H,4-9H2,1-3H3,(H,21,22,23);6,8,11H,4-5H2,1-3H3;6H,2-5,7H2,1H3. The van der Waals surface area contributed by atoms with Crippen molar-refractivity contribution in [3.8, 4) is 12.1 Å². The molecule has 6 rings (SSSR count). The van der Waals surface area contributed by atoms with Crippen molar-refractivity contribution in [2.24, 2.45) is 5.73 Å². The summed E-state index contributed by atoms with van der Waals surface area (Å²) in [5.41, 5.74) is 6.03. The molecule has 6 heterocycles. The van der Waals surface area contributed by atoms with Crippen molar-refractivity contribution >= 4 is 58.9 Å². The van der Waals surface area contributed by atoms with Gasteiger partial charge in [0.15, 0.2) is 0 Å². The Labute approximate surface area is 359 Å². The fraction of sp³-hybridized carbons (Fsp3) is 0.590. The van der Waals surface area contributed by atoms with Crippen LogP contribution < -0.4 is 22.2 Å². The number of hydrogen-bond donors (Lipinski definition) is 2. The molecule has 0 aromatic carbocycles. The largest absolute Gasteiger partial charge is 0.351 e. The summed E-state index contributed by atoms with van der Waals surface area (Å²) < 4.78 is 62.9. The second kappa shape index (κ2) is 21.4. The van der Waals surface area contributed by atoms with E-state index >= 15 is 0 Å². The highest BCUT2D eigenvalue weighted by Gasteiger charge is 2.26. The first-order chi connectivity index (χ1) is 28.8. The number of nitrogens with two attached hydrogens (primary N) is 1. The topological polar surface area (TPSA) is 273 Å². The molecule has 3 N–H and O–H groups in total. The van der Waals surface area contributed by atoms with Gasteiger partial charge in [0.05, 0.1) is 23.3 Å². The van der Waals surface area contributed by atoms with E-state index in [9.17, 15) is 35.9 Å². The Morgan fingerprint density at radius 1 is 0.754 bits per heavy atom. The molecule has 0 bridgehead atoms. The summed E-state index contributed by atoms with van der Waals surface area (Å²) in [7, 11) is -7.47. The zero-order valence-corrected chi connectivity index (χ0v) is 38.2. The molecule has 0 amide bonds. The van der Waals surface area contributed by atoms with Crippen molar-refractivity contribution < 1.29 is 21.0 Å². The van der Waals surface area contributed by atoms with Gasteiger partial charge in [-0.2, -0.15) is 15.5 Å². The van der Waals surface area contributed by atoms with Gasteiger partial charge < -0.3 is 11.1 Å². The number of aromatic nitrogens is 6. The van der Waals surface area contributed by atoms with E-state index in [1.165, 1.54) is 50.3 Å². The van der Waals surface area contributed by atoms with Crippen LogP contribution in [0.25, 0.3) is 22.1 Å². The average Bonchev–Trinajstić information content (AvgIpc) is 3.22. The summed E-state index contributed by atoms with van der Waals surface area (Å²) in [6.07, 6.45) is 12.9.